The van der Waals surface area contributed by atoms with Crippen LogP contribution in [0.25, 0.3) is 0 Å². The predicted molar refractivity (Wildman–Crippen MR) is 72.3 cm³/mol. The number of nitrogens with one attached hydrogen (secondary N) is 2. The molecule has 4 nitrogen and oxygen atoms in total. The van der Waals surface area contributed by atoms with E-state index in [1.807, 2.05) is 18.2 Å². The summed E-state index contributed by atoms with van der Waals surface area (Å²) in [5.41, 5.74) is 1.26. The Morgan fingerprint density at radius 2 is 2.17 bits per heavy atom. The van der Waals surface area contributed by atoms with Crippen molar-refractivity contribution in [3.63, 3.8) is 0 Å². The van der Waals surface area contributed by atoms with Crippen molar-refractivity contribution >= 4 is 5.91 Å². The van der Waals surface area contributed by atoms with Crippen LogP contribution in [0.1, 0.15) is 18.5 Å². The zero-order chi connectivity index (χ0) is 13.0. The van der Waals surface area contributed by atoms with Gasteiger partial charge in [-0.25, -0.2) is 0 Å². The Morgan fingerprint density at radius 1 is 1.44 bits per heavy atom. The number of carbonyl (C=O) groups excluding carboxylic acids is 1. The molecule has 0 bridgehead atoms. The van der Waals surface area contributed by atoms with E-state index in [0.717, 1.165) is 19.6 Å². The summed E-state index contributed by atoms with van der Waals surface area (Å²) in [5.74, 6) is 0.0879. The second-order valence-electron chi connectivity index (χ2n) is 4.66. The van der Waals surface area contributed by atoms with Crippen LogP contribution in [-0.2, 0) is 4.79 Å². The number of rotatable bonds is 3. The zero-order valence-electron chi connectivity index (χ0n) is 11.0. The summed E-state index contributed by atoms with van der Waals surface area (Å²) in [4.78, 5) is 14.2. The third kappa shape index (κ3) is 2.71. The van der Waals surface area contributed by atoms with Crippen molar-refractivity contribution in [3.8, 4) is 0 Å². The first kappa shape index (κ1) is 13.1. The normalized spacial score (nSPS) is 22.4. The van der Waals surface area contributed by atoms with Gasteiger partial charge in [-0.2, -0.15) is 0 Å². The van der Waals surface area contributed by atoms with Crippen LogP contribution < -0.4 is 10.6 Å². The maximum atomic E-state index is 11.9. The molecule has 0 saturated carbocycles. The molecule has 1 heterocycles. The van der Waals surface area contributed by atoms with E-state index >= 15 is 0 Å². The smallest absolute Gasteiger partial charge is 0.238 e. The topological polar surface area (TPSA) is 44.4 Å². The Kier molecular flexibility index (Phi) is 4.33. The highest BCUT2D eigenvalue weighted by atomic mass is 16.2. The van der Waals surface area contributed by atoms with Gasteiger partial charge in [0.1, 0.15) is 6.04 Å². The van der Waals surface area contributed by atoms with E-state index < -0.39 is 0 Å². The Balaban J connectivity index is 2.16. The van der Waals surface area contributed by atoms with Gasteiger partial charge >= 0.3 is 0 Å². The summed E-state index contributed by atoms with van der Waals surface area (Å²) in [6.45, 7) is 4.71. The number of likely N-dealkylation sites (N-methyl/N-ethyl adjacent to an activating group) is 1. The van der Waals surface area contributed by atoms with Crippen LogP contribution in [0.2, 0.25) is 0 Å². The average Bonchev–Trinajstić information content (AvgIpc) is 2.46. The summed E-state index contributed by atoms with van der Waals surface area (Å²) in [6.07, 6.45) is 0. The molecule has 2 atom stereocenters. The Bertz CT molecular complexity index is 393. The van der Waals surface area contributed by atoms with Crippen molar-refractivity contribution in [2.75, 3.05) is 26.7 Å². The standard InChI is InChI=1S/C14H21N3O/c1-11(12-6-4-3-5-7-12)17-9-8-16-10-13(17)14(18)15-2/h3-7,11,13,16H,8-10H2,1-2H3,(H,15,18). The molecule has 4 heteroatoms. The molecule has 2 rings (SSSR count). The molecule has 18 heavy (non-hydrogen) atoms. The third-order valence-corrected chi connectivity index (χ3v) is 3.61. The van der Waals surface area contributed by atoms with Crippen molar-refractivity contribution in [1.82, 2.24) is 15.5 Å². The molecule has 1 aliphatic rings. The highest BCUT2D eigenvalue weighted by molar-refractivity contribution is 5.81. The largest absolute Gasteiger partial charge is 0.358 e. The molecule has 1 saturated heterocycles. The minimum Gasteiger partial charge on any atom is -0.358 e. The first-order chi connectivity index (χ1) is 8.74. The monoisotopic (exact) mass is 247 g/mol. The Morgan fingerprint density at radius 3 is 2.83 bits per heavy atom. The predicted octanol–water partition coefficient (Wildman–Crippen LogP) is 0.767. The van der Waals surface area contributed by atoms with E-state index in [9.17, 15) is 4.79 Å². The summed E-state index contributed by atoms with van der Waals surface area (Å²) < 4.78 is 0. The van der Waals surface area contributed by atoms with Gasteiger partial charge in [-0.15, -0.1) is 0 Å². The summed E-state index contributed by atoms with van der Waals surface area (Å²) in [6, 6.07) is 10.5. The Hall–Kier alpha value is -1.39. The van der Waals surface area contributed by atoms with E-state index in [0.29, 0.717) is 0 Å². The van der Waals surface area contributed by atoms with Crippen LogP contribution >= 0.6 is 0 Å². The molecule has 2 unspecified atom stereocenters. The molecule has 1 amide bonds. The second-order valence-corrected chi connectivity index (χ2v) is 4.66. The number of hydrogen-bond acceptors (Lipinski definition) is 3. The third-order valence-electron chi connectivity index (χ3n) is 3.61. The second kappa shape index (κ2) is 5.98. The van der Waals surface area contributed by atoms with E-state index in [4.69, 9.17) is 0 Å². The van der Waals surface area contributed by atoms with Crippen LogP contribution in [0.5, 0.6) is 0 Å². The molecule has 0 spiro atoms. The number of benzene rings is 1. The molecule has 98 valence electrons. The van der Waals surface area contributed by atoms with Crippen LogP contribution in [0.3, 0.4) is 0 Å². The molecule has 1 aromatic rings. The van der Waals surface area contributed by atoms with Crippen molar-refractivity contribution in [2.45, 2.75) is 19.0 Å². The fourth-order valence-corrected chi connectivity index (χ4v) is 2.52. The van der Waals surface area contributed by atoms with Gasteiger partial charge in [0.15, 0.2) is 0 Å². The van der Waals surface area contributed by atoms with E-state index in [1.54, 1.807) is 7.05 Å². The van der Waals surface area contributed by atoms with Gasteiger partial charge in [-0.05, 0) is 12.5 Å². The van der Waals surface area contributed by atoms with Crippen LogP contribution in [0.15, 0.2) is 30.3 Å². The lowest BCUT2D eigenvalue weighted by Gasteiger charge is -2.39. The molecule has 1 aromatic carbocycles. The van der Waals surface area contributed by atoms with Crippen molar-refractivity contribution in [2.24, 2.45) is 0 Å². The number of hydrogen-bond donors (Lipinski definition) is 2. The minimum absolute atomic E-state index is 0.0843. The fourth-order valence-electron chi connectivity index (χ4n) is 2.52. The summed E-state index contributed by atoms with van der Waals surface area (Å²) >= 11 is 0. The van der Waals surface area contributed by atoms with Gasteiger partial charge in [-0.1, -0.05) is 30.3 Å². The molecule has 0 radical (unpaired) electrons. The van der Waals surface area contributed by atoms with Gasteiger partial charge in [0.25, 0.3) is 0 Å². The van der Waals surface area contributed by atoms with E-state index in [-0.39, 0.29) is 18.0 Å². The first-order valence-electron chi connectivity index (χ1n) is 6.47. The van der Waals surface area contributed by atoms with Gasteiger partial charge < -0.3 is 10.6 Å². The highest BCUT2D eigenvalue weighted by Crippen LogP contribution is 2.23. The van der Waals surface area contributed by atoms with Gasteiger partial charge in [0.2, 0.25) is 5.91 Å². The number of nitrogens with zero attached hydrogens (tertiary/aromatic N) is 1. The maximum Gasteiger partial charge on any atom is 0.238 e. The average molecular weight is 247 g/mol. The number of piperazine rings is 1. The Labute approximate surface area is 108 Å². The molecule has 0 aliphatic carbocycles. The fraction of sp³-hybridized carbons (Fsp3) is 0.500. The van der Waals surface area contributed by atoms with Crippen LogP contribution in [-0.4, -0.2) is 43.5 Å². The van der Waals surface area contributed by atoms with Crippen molar-refractivity contribution < 1.29 is 4.79 Å². The van der Waals surface area contributed by atoms with Crippen molar-refractivity contribution in [3.05, 3.63) is 35.9 Å². The quantitative estimate of drug-likeness (QED) is 0.829. The number of amides is 1. The number of carbonyl (C=O) groups is 1. The zero-order valence-corrected chi connectivity index (χ0v) is 11.0. The van der Waals surface area contributed by atoms with Gasteiger partial charge in [0.05, 0.1) is 0 Å². The van der Waals surface area contributed by atoms with Crippen LogP contribution in [0.4, 0.5) is 0 Å². The molecule has 0 aromatic heterocycles. The SMILES string of the molecule is CNC(=O)C1CNCCN1C(C)c1ccccc1. The molecule has 1 aliphatic heterocycles. The maximum absolute atomic E-state index is 11.9. The molecule has 1 fully saturated rings. The van der Waals surface area contributed by atoms with Gasteiger partial charge in [-0.3, -0.25) is 9.69 Å². The summed E-state index contributed by atoms with van der Waals surface area (Å²) in [7, 11) is 1.70. The highest BCUT2D eigenvalue weighted by Gasteiger charge is 2.31. The minimum atomic E-state index is -0.0843. The lowest BCUT2D eigenvalue weighted by molar-refractivity contribution is -0.127. The first-order valence-corrected chi connectivity index (χ1v) is 6.47. The van der Waals surface area contributed by atoms with E-state index in [2.05, 4.69) is 34.6 Å². The molecular formula is C14H21N3O. The lowest BCUT2D eigenvalue weighted by atomic mass is 10.0. The summed E-state index contributed by atoms with van der Waals surface area (Å²) in [5, 5.41) is 6.03. The molecular weight excluding hydrogens is 226 g/mol. The van der Waals surface area contributed by atoms with E-state index in [1.165, 1.54) is 5.56 Å². The molecule has 2 N–H and O–H groups in total. The van der Waals surface area contributed by atoms with Gasteiger partial charge in [0, 0.05) is 32.7 Å². The van der Waals surface area contributed by atoms with Crippen molar-refractivity contribution in [1.29, 1.82) is 0 Å². The van der Waals surface area contributed by atoms with Crippen LogP contribution in [0, 0.1) is 0 Å². The lowest BCUT2D eigenvalue weighted by Crippen LogP contribution is -2.57.